The quantitative estimate of drug-likeness (QED) is 0.730. The molecule has 1 heterocycles. The lowest BCUT2D eigenvalue weighted by molar-refractivity contribution is 0.903. The van der Waals surface area contributed by atoms with Crippen molar-refractivity contribution in [2.75, 3.05) is 16.8 Å². The zero-order valence-corrected chi connectivity index (χ0v) is 14.9. The van der Waals surface area contributed by atoms with Crippen LogP contribution in [0.1, 0.15) is 23.6 Å². The number of nitrogens with zero attached hydrogens (tertiary/aromatic N) is 4. The minimum absolute atomic E-state index is 0.534. The van der Waals surface area contributed by atoms with Crippen molar-refractivity contribution < 1.29 is 0 Å². The first-order valence-electron chi connectivity index (χ1n) is 8.49. The molecular weight excluding hydrogens is 310 g/mol. The molecular formula is C20H23N5. The van der Waals surface area contributed by atoms with Gasteiger partial charge in [0.2, 0.25) is 5.95 Å². The van der Waals surface area contributed by atoms with E-state index in [4.69, 9.17) is 0 Å². The molecule has 0 radical (unpaired) electrons. The maximum absolute atomic E-state index is 4.64. The van der Waals surface area contributed by atoms with Crippen molar-refractivity contribution in [3.63, 3.8) is 0 Å². The third-order valence-electron chi connectivity index (χ3n) is 4.15. The number of benzene rings is 2. The normalized spacial score (nSPS) is 10.5. The van der Waals surface area contributed by atoms with Crippen LogP contribution in [0.2, 0.25) is 0 Å². The monoisotopic (exact) mass is 333 g/mol. The standard InChI is InChI=1S/C20H23N5/c1-4-25(18-11-7-8-15(2)12-18)19-14-22-24-20(23-19)21-13-17-10-6-5-9-16(17)3/h5-12,14H,4,13H2,1-3H3,(H,21,23,24). The molecule has 5 nitrogen and oxygen atoms in total. The van der Waals surface area contributed by atoms with E-state index in [1.165, 1.54) is 16.7 Å². The molecule has 0 amide bonds. The van der Waals surface area contributed by atoms with Crippen LogP contribution in [0.5, 0.6) is 0 Å². The molecule has 0 fully saturated rings. The average Bonchev–Trinajstić information content (AvgIpc) is 2.62. The number of anilines is 3. The van der Waals surface area contributed by atoms with Gasteiger partial charge < -0.3 is 10.2 Å². The van der Waals surface area contributed by atoms with Crippen LogP contribution in [0.4, 0.5) is 17.5 Å². The second-order valence-electron chi connectivity index (χ2n) is 6.00. The fourth-order valence-corrected chi connectivity index (χ4v) is 2.76. The molecule has 2 aromatic carbocycles. The van der Waals surface area contributed by atoms with Crippen LogP contribution in [-0.4, -0.2) is 21.7 Å². The average molecular weight is 333 g/mol. The number of aromatic nitrogens is 3. The number of rotatable bonds is 6. The number of nitrogens with one attached hydrogen (secondary N) is 1. The van der Waals surface area contributed by atoms with Gasteiger partial charge in [-0.15, -0.1) is 5.10 Å². The summed E-state index contributed by atoms with van der Waals surface area (Å²) in [6.07, 6.45) is 1.70. The minimum atomic E-state index is 0.534. The Morgan fingerprint density at radius 2 is 1.88 bits per heavy atom. The first-order valence-corrected chi connectivity index (χ1v) is 8.49. The topological polar surface area (TPSA) is 53.9 Å². The zero-order valence-electron chi connectivity index (χ0n) is 14.9. The Morgan fingerprint density at radius 3 is 2.64 bits per heavy atom. The van der Waals surface area contributed by atoms with E-state index >= 15 is 0 Å². The van der Waals surface area contributed by atoms with Crippen molar-refractivity contribution in [1.82, 2.24) is 15.2 Å². The van der Waals surface area contributed by atoms with Crippen LogP contribution in [-0.2, 0) is 6.54 Å². The summed E-state index contributed by atoms with van der Waals surface area (Å²) in [5.41, 5.74) is 4.79. The van der Waals surface area contributed by atoms with Crippen LogP contribution in [0, 0.1) is 13.8 Å². The highest BCUT2D eigenvalue weighted by atomic mass is 15.3. The summed E-state index contributed by atoms with van der Waals surface area (Å²) in [5, 5.41) is 11.5. The molecule has 0 aliphatic carbocycles. The summed E-state index contributed by atoms with van der Waals surface area (Å²) in [6, 6.07) is 16.7. The van der Waals surface area contributed by atoms with Gasteiger partial charge >= 0.3 is 0 Å². The zero-order chi connectivity index (χ0) is 17.6. The third kappa shape index (κ3) is 4.12. The molecule has 1 N–H and O–H groups in total. The molecule has 0 saturated carbocycles. The largest absolute Gasteiger partial charge is 0.349 e. The first-order chi connectivity index (χ1) is 12.2. The van der Waals surface area contributed by atoms with Crippen LogP contribution >= 0.6 is 0 Å². The molecule has 128 valence electrons. The van der Waals surface area contributed by atoms with Gasteiger partial charge in [-0.3, -0.25) is 0 Å². The van der Waals surface area contributed by atoms with Crippen molar-refractivity contribution in [3.05, 3.63) is 71.4 Å². The molecule has 25 heavy (non-hydrogen) atoms. The van der Waals surface area contributed by atoms with Gasteiger partial charge in [0.25, 0.3) is 0 Å². The van der Waals surface area contributed by atoms with E-state index in [1.807, 2.05) is 12.1 Å². The Hall–Kier alpha value is -2.95. The van der Waals surface area contributed by atoms with Gasteiger partial charge in [-0.1, -0.05) is 36.4 Å². The Labute approximate surface area is 148 Å². The SMILES string of the molecule is CCN(c1cccc(C)c1)c1cnnc(NCc2ccccc2C)n1. The van der Waals surface area contributed by atoms with Crippen LogP contribution in [0.3, 0.4) is 0 Å². The number of hydrogen-bond donors (Lipinski definition) is 1. The minimum Gasteiger partial charge on any atom is -0.349 e. The summed E-state index contributed by atoms with van der Waals surface area (Å²) < 4.78 is 0. The summed E-state index contributed by atoms with van der Waals surface area (Å²) in [5.74, 6) is 1.32. The van der Waals surface area contributed by atoms with Gasteiger partial charge in [-0.25, -0.2) is 0 Å². The second-order valence-corrected chi connectivity index (χ2v) is 6.00. The fourth-order valence-electron chi connectivity index (χ4n) is 2.76. The molecule has 0 aliphatic heterocycles. The van der Waals surface area contributed by atoms with E-state index in [9.17, 15) is 0 Å². The van der Waals surface area contributed by atoms with Crippen molar-refractivity contribution in [1.29, 1.82) is 0 Å². The van der Waals surface area contributed by atoms with Gasteiger partial charge in [0.15, 0.2) is 5.82 Å². The Balaban J connectivity index is 1.79. The predicted molar refractivity (Wildman–Crippen MR) is 102 cm³/mol. The second kappa shape index (κ2) is 7.75. The molecule has 0 atom stereocenters. The van der Waals surface area contributed by atoms with Gasteiger partial charge in [0.05, 0.1) is 6.20 Å². The van der Waals surface area contributed by atoms with Crippen LogP contribution in [0.15, 0.2) is 54.7 Å². The molecule has 0 saturated heterocycles. The Kier molecular flexibility index (Phi) is 5.23. The number of aryl methyl sites for hydroxylation is 2. The molecule has 0 bridgehead atoms. The Bertz CT molecular complexity index is 847. The molecule has 0 aliphatic rings. The van der Waals surface area contributed by atoms with E-state index < -0.39 is 0 Å². The van der Waals surface area contributed by atoms with Gasteiger partial charge in [0, 0.05) is 18.8 Å². The summed E-state index contributed by atoms with van der Waals surface area (Å²) in [7, 11) is 0. The van der Waals surface area contributed by atoms with E-state index in [2.05, 4.69) is 82.6 Å². The molecule has 3 rings (SSSR count). The molecule has 1 aromatic heterocycles. The van der Waals surface area contributed by atoms with E-state index in [0.29, 0.717) is 12.5 Å². The molecule has 0 unspecified atom stereocenters. The lowest BCUT2D eigenvalue weighted by Crippen LogP contribution is -2.19. The van der Waals surface area contributed by atoms with Crippen molar-refractivity contribution in [2.45, 2.75) is 27.3 Å². The first kappa shape index (κ1) is 16.9. The van der Waals surface area contributed by atoms with Gasteiger partial charge in [-0.2, -0.15) is 10.1 Å². The third-order valence-corrected chi connectivity index (χ3v) is 4.15. The molecule has 3 aromatic rings. The van der Waals surface area contributed by atoms with Gasteiger partial charge in [-0.05, 0) is 49.6 Å². The van der Waals surface area contributed by atoms with E-state index in [1.54, 1.807) is 6.20 Å². The highest BCUT2D eigenvalue weighted by Crippen LogP contribution is 2.24. The molecule has 5 heteroatoms. The lowest BCUT2D eigenvalue weighted by Gasteiger charge is -2.22. The predicted octanol–water partition coefficient (Wildman–Crippen LogP) is 4.26. The number of hydrogen-bond acceptors (Lipinski definition) is 5. The van der Waals surface area contributed by atoms with Crippen molar-refractivity contribution >= 4 is 17.5 Å². The fraction of sp³-hybridized carbons (Fsp3) is 0.250. The summed E-state index contributed by atoms with van der Waals surface area (Å²) >= 11 is 0. The maximum atomic E-state index is 4.64. The molecule has 0 spiro atoms. The summed E-state index contributed by atoms with van der Waals surface area (Å²) in [4.78, 5) is 6.76. The highest BCUT2D eigenvalue weighted by Gasteiger charge is 2.11. The van der Waals surface area contributed by atoms with E-state index in [-0.39, 0.29) is 0 Å². The van der Waals surface area contributed by atoms with Gasteiger partial charge in [0.1, 0.15) is 0 Å². The van der Waals surface area contributed by atoms with Crippen LogP contribution < -0.4 is 10.2 Å². The van der Waals surface area contributed by atoms with Crippen molar-refractivity contribution in [2.24, 2.45) is 0 Å². The lowest BCUT2D eigenvalue weighted by atomic mass is 10.1. The van der Waals surface area contributed by atoms with E-state index in [0.717, 1.165) is 18.1 Å². The van der Waals surface area contributed by atoms with Crippen molar-refractivity contribution in [3.8, 4) is 0 Å². The highest BCUT2D eigenvalue weighted by molar-refractivity contribution is 5.60. The summed E-state index contributed by atoms with van der Waals surface area (Å²) in [6.45, 7) is 7.77. The smallest absolute Gasteiger partial charge is 0.244 e. The van der Waals surface area contributed by atoms with Crippen LogP contribution in [0.25, 0.3) is 0 Å². The Morgan fingerprint density at radius 1 is 1.04 bits per heavy atom. The maximum Gasteiger partial charge on any atom is 0.244 e.